The zero-order valence-electron chi connectivity index (χ0n) is 10.8. The molecular formula is C15H17N3O. The molecule has 1 atom stereocenters. The maximum absolute atomic E-state index is 12.0. The van der Waals surface area contributed by atoms with E-state index in [9.17, 15) is 4.79 Å². The van der Waals surface area contributed by atoms with Gasteiger partial charge in [-0.25, -0.2) is 4.98 Å². The molecule has 0 aliphatic heterocycles. The first-order chi connectivity index (χ1) is 9.15. The Labute approximate surface area is 112 Å². The van der Waals surface area contributed by atoms with E-state index in [4.69, 9.17) is 5.73 Å². The van der Waals surface area contributed by atoms with E-state index < -0.39 is 0 Å². The first-order valence-electron chi connectivity index (χ1n) is 6.22. The Morgan fingerprint density at radius 1 is 1.21 bits per heavy atom. The van der Waals surface area contributed by atoms with E-state index in [2.05, 4.69) is 10.3 Å². The van der Waals surface area contributed by atoms with Crippen molar-refractivity contribution in [1.82, 2.24) is 10.3 Å². The molecule has 2 aromatic rings. The van der Waals surface area contributed by atoms with Crippen molar-refractivity contribution >= 4 is 11.7 Å². The van der Waals surface area contributed by atoms with Crippen LogP contribution < -0.4 is 11.1 Å². The molecule has 1 heterocycles. The number of hydrogen-bond acceptors (Lipinski definition) is 3. The highest BCUT2D eigenvalue weighted by atomic mass is 16.1. The number of anilines is 1. The van der Waals surface area contributed by atoms with Crippen LogP contribution in [0, 0.1) is 0 Å². The molecule has 1 aromatic carbocycles. The molecule has 0 aliphatic carbocycles. The number of carbonyl (C=O) groups excluding carboxylic acids is 1. The number of aromatic nitrogens is 1. The minimum absolute atomic E-state index is 0.0399. The van der Waals surface area contributed by atoms with Gasteiger partial charge in [-0.2, -0.15) is 0 Å². The van der Waals surface area contributed by atoms with E-state index in [-0.39, 0.29) is 11.9 Å². The lowest BCUT2D eigenvalue weighted by Gasteiger charge is -2.13. The highest BCUT2D eigenvalue weighted by molar-refractivity contribution is 5.92. The van der Waals surface area contributed by atoms with E-state index in [1.807, 2.05) is 37.3 Å². The molecule has 0 fully saturated rings. The lowest BCUT2D eigenvalue weighted by molar-refractivity contribution is 0.0935. The predicted octanol–water partition coefficient (Wildman–Crippen LogP) is 2.02. The molecular weight excluding hydrogens is 238 g/mol. The number of pyridine rings is 1. The van der Waals surface area contributed by atoms with Crippen LogP contribution in [0.1, 0.15) is 23.0 Å². The first-order valence-corrected chi connectivity index (χ1v) is 6.22. The van der Waals surface area contributed by atoms with E-state index >= 15 is 0 Å². The van der Waals surface area contributed by atoms with Crippen LogP contribution in [-0.2, 0) is 6.42 Å². The second kappa shape index (κ2) is 6.00. The zero-order valence-corrected chi connectivity index (χ0v) is 10.8. The molecule has 0 spiro atoms. The number of rotatable bonds is 4. The van der Waals surface area contributed by atoms with Crippen molar-refractivity contribution in [3.63, 3.8) is 0 Å². The van der Waals surface area contributed by atoms with Gasteiger partial charge in [0.2, 0.25) is 0 Å². The van der Waals surface area contributed by atoms with Crippen molar-refractivity contribution in [1.29, 1.82) is 0 Å². The summed E-state index contributed by atoms with van der Waals surface area (Å²) >= 11 is 0. The van der Waals surface area contributed by atoms with Crippen molar-refractivity contribution in [2.45, 2.75) is 19.4 Å². The third-order valence-corrected chi connectivity index (χ3v) is 2.77. The fourth-order valence-electron chi connectivity index (χ4n) is 1.89. The van der Waals surface area contributed by atoms with Crippen molar-refractivity contribution in [3.05, 3.63) is 59.8 Å². The number of benzene rings is 1. The number of nitrogens with one attached hydrogen (secondary N) is 1. The number of nitrogen functional groups attached to an aromatic ring is 1. The van der Waals surface area contributed by atoms with Gasteiger partial charge in [-0.1, -0.05) is 36.4 Å². The molecule has 4 nitrogen and oxygen atoms in total. The van der Waals surface area contributed by atoms with Crippen LogP contribution in [0.25, 0.3) is 0 Å². The molecule has 0 aliphatic rings. The SMILES string of the molecule is CC(Cc1ccccc1)NC(=O)c1cccc(N)n1. The number of nitrogens with two attached hydrogens (primary N) is 1. The van der Waals surface area contributed by atoms with Crippen molar-refractivity contribution in [3.8, 4) is 0 Å². The molecule has 1 aromatic heterocycles. The van der Waals surface area contributed by atoms with Crippen molar-refractivity contribution in [2.24, 2.45) is 0 Å². The lowest BCUT2D eigenvalue weighted by Crippen LogP contribution is -2.34. The van der Waals surface area contributed by atoms with E-state index in [1.54, 1.807) is 18.2 Å². The van der Waals surface area contributed by atoms with E-state index in [0.29, 0.717) is 11.5 Å². The standard InChI is InChI=1S/C15H17N3O/c1-11(10-12-6-3-2-4-7-12)17-15(19)13-8-5-9-14(16)18-13/h2-9,11H,10H2,1H3,(H2,16,18)(H,17,19). The molecule has 0 radical (unpaired) electrons. The van der Waals surface area contributed by atoms with Crippen molar-refractivity contribution in [2.75, 3.05) is 5.73 Å². The average molecular weight is 255 g/mol. The summed E-state index contributed by atoms with van der Waals surface area (Å²) in [6.07, 6.45) is 0.787. The molecule has 4 heteroatoms. The highest BCUT2D eigenvalue weighted by Gasteiger charge is 2.11. The highest BCUT2D eigenvalue weighted by Crippen LogP contribution is 2.05. The van der Waals surface area contributed by atoms with Crippen LogP contribution in [-0.4, -0.2) is 16.9 Å². The van der Waals surface area contributed by atoms with Gasteiger partial charge in [-0.15, -0.1) is 0 Å². The molecule has 0 bridgehead atoms. The third kappa shape index (κ3) is 3.81. The minimum atomic E-state index is -0.198. The summed E-state index contributed by atoms with van der Waals surface area (Å²) in [7, 11) is 0. The molecule has 3 N–H and O–H groups in total. The second-order valence-electron chi connectivity index (χ2n) is 4.51. The smallest absolute Gasteiger partial charge is 0.270 e. The minimum Gasteiger partial charge on any atom is -0.384 e. The summed E-state index contributed by atoms with van der Waals surface area (Å²) in [6.45, 7) is 1.97. The van der Waals surface area contributed by atoms with Gasteiger partial charge in [0.1, 0.15) is 11.5 Å². The Hall–Kier alpha value is -2.36. The summed E-state index contributed by atoms with van der Waals surface area (Å²) in [4.78, 5) is 16.0. The summed E-state index contributed by atoms with van der Waals surface area (Å²) in [6, 6.07) is 15.1. The summed E-state index contributed by atoms with van der Waals surface area (Å²) in [5.74, 6) is 0.152. The van der Waals surface area contributed by atoms with Gasteiger partial charge in [0.05, 0.1) is 0 Å². The van der Waals surface area contributed by atoms with Gasteiger partial charge < -0.3 is 11.1 Å². The zero-order chi connectivity index (χ0) is 13.7. The normalized spacial score (nSPS) is 11.8. The topological polar surface area (TPSA) is 68.0 Å². The molecule has 1 amide bonds. The number of nitrogens with zero attached hydrogens (tertiary/aromatic N) is 1. The molecule has 2 rings (SSSR count). The van der Waals surface area contributed by atoms with Crippen molar-refractivity contribution < 1.29 is 4.79 Å². The fraction of sp³-hybridized carbons (Fsp3) is 0.200. The Morgan fingerprint density at radius 3 is 2.63 bits per heavy atom. The third-order valence-electron chi connectivity index (χ3n) is 2.77. The van der Waals surface area contributed by atoms with Gasteiger partial charge in [-0.3, -0.25) is 4.79 Å². The molecule has 0 saturated carbocycles. The van der Waals surface area contributed by atoms with Gasteiger partial charge >= 0.3 is 0 Å². The summed E-state index contributed by atoms with van der Waals surface area (Å²) < 4.78 is 0. The Kier molecular flexibility index (Phi) is 4.13. The summed E-state index contributed by atoms with van der Waals surface area (Å²) in [5.41, 5.74) is 7.10. The number of carbonyl (C=O) groups is 1. The Bertz CT molecular complexity index is 554. The molecule has 19 heavy (non-hydrogen) atoms. The average Bonchev–Trinajstić information content (AvgIpc) is 2.39. The van der Waals surface area contributed by atoms with Crippen LogP contribution >= 0.6 is 0 Å². The van der Waals surface area contributed by atoms with E-state index in [1.165, 1.54) is 5.56 Å². The Morgan fingerprint density at radius 2 is 1.95 bits per heavy atom. The molecule has 0 saturated heterocycles. The summed E-state index contributed by atoms with van der Waals surface area (Å²) in [5, 5.41) is 2.91. The van der Waals surface area contributed by atoms with Gasteiger partial charge in [0.15, 0.2) is 0 Å². The maximum Gasteiger partial charge on any atom is 0.270 e. The van der Waals surface area contributed by atoms with Crippen LogP contribution in [0.5, 0.6) is 0 Å². The van der Waals surface area contributed by atoms with Crippen LogP contribution in [0.2, 0.25) is 0 Å². The molecule has 98 valence electrons. The van der Waals surface area contributed by atoms with Crippen LogP contribution in [0.4, 0.5) is 5.82 Å². The van der Waals surface area contributed by atoms with Crippen LogP contribution in [0.15, 0.2) is 48.5 Å². The van der Waals surface area contributed by atoms with Gasteiger partial charge in [-0.05, 0) is 31.0 Å². The molecule has 1 unspecified atom stereocenters. The first kappa shape index (κ1) is 13.1. The van der Waals surface area contributed by atoms with Gasteiger partial charge in [0, 0.05) is 6.04 Å². The van der Waals surface area contributed by atoms with Gasteiger partial charge in [0.25, 0.3) is 5.91 Å². The number of amides is 1. The lowest BCUT2D eigenvalue weighted by atomic mass is 10.1. The van der Waals surface area contributed by atoms with Crippen LogP contribution in [0.3, 0.4) is 0 Å². The largest absolute Gasteiger partial charge is 0.384 e. The predicted molar refractivity (Wildman–Crippen MR) is 75.7 cm³/mol. The monoisotopic (exact) mass is 255 g/mol. The number of hydrogen-bond donors (Lipinski definition) is 2. The quantitative estimate of drug-likeness (QED) is 0.878. The maximum atomic E-state index is 12.0. The fourth-order valence-corrected chi connectivity index (χ4v) is 1.89. The van der Waals surface area contributed by atoms with E-state index in [0.717, 1.165) is 6.42 Å². The Balaban J connectivity index is 1.95. The second-order valence-corrected chi connectivity index (χ2v) is 4.51.